The lowest BCUT2D eigenvalue weighted by Gasteiger charge is -2.21. The number of nitrogens with one attached hydrogen (secondary N) is 2. The second-order valence-corrected chi connectivity index (χ2v) is 5.76. The van der Waals surface area contributed by atoms with Crippen molar-refractivity contribution in [1.29, 1.82) is 0 Å². The molecule has 2 atom stereocenters. The Labute approximate surface area is 147 Å². The number of carbonyl (C=O) groups is 3. The van der Waals surface area contributed by atoms with Gasteiger partial charge in [-0.15, -0.1) is 0 Å². The van der Waals surface area contributed by atoms with Crippen LogP contribution in [0.2, 0.25) is 0 Å². The molecule has 1 aromatic rings. The number of esters is 1. The molecule has 1 unspecified atom stereocenters. The van der Waals surface area contributed by atoms with Gasteiger partial charge >= 0.3 is 5.97 Å². The number of ether oxygens (including phenoxy) is 1. The summed E-state index contributed by atoms with van der Waals surface area (Å²) in [7, 11) is 1.27. The number of carbonyl (C=O) groups excluding carboxylic acids is 3. The van der Waals surface area contributed by atoms with Crippen LogP contribution < -0.4 is 10.6 Å². The Morgan fingerprint density at radius 2 is 1.84 bits per heavy atom. The molecule has 2 N–H and O–H groups in total. The maximum atomic E-state index is 12.4. The van der Waals surface area contributed by atoms with E-state index in [9.17, 15) is 18.8 Å². The SMILES string of the molecule is COC(=O)CCC(=O)N[C@H](CNC(C)C(=O)CF)Cc1ccccc1. The van der Waals surface area contributed by atoms with Gasteiger partial charge in [0.15, 0.2) is 5.78 Å². The highest BCUT2D eigenvalue weighted by atomic mass is 19.1. The van der Waals surface area contributed by atoms with Gasteiger partial charge in [0.05, 0.1) is 19.6 Å². The number of amides is 1. The topological polar surface area (TPSA) is 84.5 Å². The zero-order valence-corrected chi connectivity index (χ0v) is 14.6. The maximum Gasteiger partial charge on any atom is 0.306 e. The van der Waals surface area contributed by atoms with Crippen LogP contribution >= 0.6 is 0 Å². The highest BCUT2D eigenvalue weighted by molar-refractivity contribution is 5.84. The van der Waals surface area contributed by atoms with E-state index in [1.54, 1.807) is 6.92 Å². The third kappa shape index (κ3) is 8.39. The number of ketones is 1. The van der Waals surface area contributed by atoms with Crippen LogP contribution in [0.15, 0.2) is 30.3 Å². The van der Waals surface area contributed by atoms with Crippen molar-refractivity contribution in [2.24, 2.45) is 0 Å². The lowest BCUT2D eigenvalue weighted by atomic mass is 10.0. The van der Waals surface area contributed by atoms with Gasteiger partial charge in [-0.05, 0) is 18.9 Å². The number of methoxy groups -OCH3 is 1. The predicted octanol–water partition coefficient (Wildman–Crippen LogP) is 1.18. The van der Waals surface area contributed by atoms with Crippen LogP contribution in [0.25, 0.3) is 0 Å². The van der Waals surface area contributed by atoms with E-state index in [4.69, 9.17) is 0 Å². The van der Waals surface area contributed by atoms with Crippen LogP contribution in [0.3, 0.4) is 0 Å². The number of Topliss-reactive ketones (excluding diaryl/α,β-unsaturated/α-hetero) is 1. The van der Waals surface area contributed by atoms with Gasteiger partial charge in [-0.3, -0.25) is 14.4 Å². The van der Waals surface area contributed by atoms with Gasteiger partial charge in [0.2, 0.25) is 5.91 Å². The zero-order chi connectivity index (χ0) is 18.7. The Kier molecular flexibility index (Phi) is 9.39. The number of alkyl halides is 1. The molecule has 0 spiro atoms. The monoisotopic (exact) mass is 352 g/mol. The summed E-state index contributed by atoms with van der Waals surface area (Å²) < 4.78 is 16.9. The zero-order valence-electron chi connectivity index (χ0n) is 14.6. The molecular formula is C18H25FN2O4. The molecule has 0 heterocycles. The summed E-state index contributed by atoms with van der Waals surface area (Å²) in [6.07, 6.45) is 0.579. The van der Waals surface area contributed by atoms with Crippen molar-refractivity contribution < 1.29 is 23.5 Å². The Morgan fingerprint density at radius 1 is 1.16 bits per heavy atom. The molecule has 7 heteroatoms. The molecule has 0 saturated heterocycles. The minimum absolute atomic E-state index is 0.00452. The number of halogens is 1. The number of benzene rings is 1. The average molecular weight is 352 g/mol. The lowest BCUT2D eigenvalue weighted by Crippen LogP contribution is -2.47. The molecule has 0 aromatic heterocycles. The van der Waals surface area contributed by atoms with Crippen molar-refractivity contribution in [1.82, 2.24) is 10.6 Å². The molecule has 6 nitrogen and oxygen atoms in total. The number of hydrogen-bond acceptors (Lipinski definition) is 5. The molecule has 1 rings (SSSR count). The van der Waals surface area contributed by atoms with Gasteiger partial charge in [-0.2, -0.15) is 0 Å². The Morgan fingerprint density at radius 3 is 2.44 bits per heavy atom. The van der Waals surface area contributed by atoms with E-state index in [1.807, 2.05) is 30.3 Å². The summed E-state index contributed by atoms with van der Waals surface area (Å²) in [5.74, 6) is -1.26. The Bertz CT molecular complexity index is 565. The van der Waals surface area contributed by atoms with Crippen LogP contribution in [0.4, 0.5) is 4.39 Å². The molecule has 0 saturated carbocycles. The first-order chi connectivity index (χ1) is 12.0. The van der Waals surface area contributed by atoms with Gasteiger partial charge in [-0.25, -0.2) is 4.39 Å². The number of rotatable bonds is 11. The molecule has 25 heavy (non-hydrogen) atoms. The van der Waals surface area contributed by atoms with Gasteiger partial charge in [0.1, 0.15) is 6.67 Å². The first kappa shape index (κ1) is 20.8. The van der Waals surface area contributed by atoms with Gasteiger partial charge in [0.25, 0.3) is 0 Å². The van der Waals surface area contributed by atoms with E-state index >= 15 is 0 Å². The predicted molar refractivity (Wildman–Crippen MR) is 91.8 cm³/mol. The Hall–Kier alpha value is -2.28. The van der Waals surface area contributed by atoms with Crippen LogP contribution in [0, 0.1) is 0 Å². The fourth-order valence-electron chi connectivity index (χ4n) is 2.24. The molecular weight excluding hydrogens is 327 g/mol. The summed E-state index contributed by atoms with van der Waals surface area (Å²) in [6, 6.07) is 8.64. The first-order valence-corrected chi connectivity index (χ1v) is 8.18. The second-order valence-electron chi connectivity index (χ2n) is 5.76. The minimum Gasteiger partial charge on any atom is -0.469 e. The minimum atomic E-state index is -1.02. The fraction of sp³-hybridized carbons (Fsp3) is 0.500. The summed E-state index contributed by atoms with van der Waals surface area (Å²) in [4.78, 5) is 34.5. The van der Waals surface area contributed by atoms with E-state index in [0.717, 1.165) is 5.56 Å². The largest absolute Gasteiger partial charge is 0.469 e. The molecule has 0 aliphatic carbocycles. The molecule has 0 radical (unpaired) electrons. The normalized spacial score (nSPS) is 12.9. The van der Waals surface area contributed by atoms with Crippen molar-refractivity contribution in [3.63, 3.8) is 0 Å². The van der Waals surface area contributed by atoms with Crippen molar-refractivity contribution in [2.45, 2.75) is 38.3 Å². The summed E-state index contributed by atoms with van der Waals surface area (Å²) in [5, 5.41) is 5.78. The number of hydrogen-bond donors (Lipinski definition) is 2. The molecule has 0 fully saturated rings. The van der Waals surface area contributed by atoms with E-state index in [1.165, 1.54) is 7.11 Å². The van der Waals surface area contributed by atoms with Crippen LogP contribution in [-0.4, -0.2) is 50.1 Å². The summed E-state index contributed by atoms with van der Waals surface area (Å²) >= 11 is 0. The highest BCUT2D eigenvalue weighted by Crippen LogP contribution is 2.04. The summed E-state index contributed by atoms with van der Waals surface area (Å²) in [6.45, 7) is 0.870. The van der Waals surface area contributed by atoms with Crippen molar-refractivity contribution in [3.8, 4) is 0 Å². The quantitative estimate of drug-likeness (QED) is 0.584. The molecule has 138 valence electrons. The fourth-order valence-corrected chi connectivity index (χ4v) is 2.24. The maximum absolute atomic E-state index is 12.4. The van der Waals surface area contributed by atoms with Gasteiger partial charge in [-0.1, -0.05) is 30.3 Å². The van der Waals surface area contributed by atoms with Gasteiger partial charge < -0.3 is 15.4 Å². The molecule has 1 aromatic carbocycles. The third-order valence-corrected chi connectivity index (χ3v) is 3.76. The van der Waals surface area contributed by atoms with Crippen LogP contribution in [0.1, 0.15) is 25.3 Å². The second kappa shape index (κ2) is 11.3. The molecule has 0 aliphatic rings. The third-order valence-electron chi connectivity index (χ3n) is 3.76. The van der Waals surface area contributed by atoms with Gasteiger partial charge in [0, 0.05) is 19.0 Å². The summed E-state index contributed by atoms with van der Waals surface area (Å²) in [5.41, 5.74) is 1.02. The standard InChI is InChI=1S/C18H25FN2O4/c1-13(16(22)11-19)20-12-15(10-14-6-4-3-5-7-14)21-17(23)8-9-18(24)25-2/h3-7,13,15,20H,8-12H2,1-2H3,(H,21,23)/t13?,15-/m0/s1. The van der Waals surface area contributed by atoms with E-state index in [-0.39, 0.29) is 24.8 Å². The molecule has 1 amide bonds. The van der Waals surface area contributed by atoms with Crippen LogP contribution in [-0.2, 0) is 25.5 Å². The van der Waals surface area contributed by atoms with Crippen molar-refractivity contribution in [2.75, 3.05) is 20.3 Å². The van der Waals surface area contributed by atoms with Crippen LogP contribution in [0.5, 0.6) is 0 Å². The Balaban J connectivity index is 2.62. The highest BCUT2D eigenvalue weighted by Gasteiger charge is 2.18. The molecule has 0 bridgehead atoms. The first-order valence-electron chi connectivity index (χ1n) is 8.18. The van der Waals surface area contributed by atoms with E-state index in [0.29, 0.717) is 13.0 Å². The van der Waals surface area contributed by atoms with E-state index < -0.39 is 24.5 Å². The average Bonchev–Trinajstić information content (AvgIpc) is 2.63. The molecule has 0 aliphatic heterocycles. The van der Waals surface area contributed by atoms with E-state index in [2.05, 4.69) is 15.4 Å². The van der Waals surface area contributed by atoms with Crippen molar-refractivity contribution in [3.05, 3.63) is 35.9 Å². The smallest absolute Gasteiger partial charge is 0.306 e. The lowest BCUT2D eigenvalue weighted by molar-refractivity contribution is -0.142. The van der Waals surface area contributed by atoms with Crippen molar-refractivity contribution >= 4 is 17.7 Å².